The van der Waals surface area contributed by atoms with Crippen molar-refractivity contribution in [2.24, 2.45) is 20.5 Å². The minimum absolute atomic E-state index is 0.671. The first-order valence-electron chi connectivity index (χ1n) is 33.4. The first-order valence-corrected chi connectivity index (χ1v) is 35.0. The molecule has 0 unspecified atom stereocenters. The first kappa shape index (κ1) is 70.2. The van der Waals surface area contributed by atoms with Crippen LogP contribution in [0.15, 0.2) is 224 Å². The predicted octanol–water partition coefficient (Wildman–Crippen LogP) is 24.1. The summed E-state index contributed by atoms with van der Waals surface area (Å²) >= 11 is 6.88. The average Bonchev–Trinajstić information content (AvgIpc) is 2.27. The molecule has 8 aromatic rings. The maximum absolute atomic E-state index is 6.16. The molecule has 0 saturated carbocycles. The zero-order valence-electron chi connectivity index (χ0n) is 53.5. The van der Waals surface area contributed by atoms with Gasteiger partial charge < -0.3 is 37.9 Å². The van der Waals surface area contributed by atoms with Gasteiger partial charge >= 0.3 is 0 Å². The molecule has 12 nitrogen and oxygen atoms in total. The third-order valence-corrected chi connectivity index (χ3v) is 16.4. The standard InChI is InChI=1S/C78H92Br2N4O8/c79-65-35-39-67(40-36-65)81-83-69-43-51-73(52-44-69)87-55-19-7-3-1-5-9-23-59-89-75-27-15-17-29-77(75)91-61-25-13-11-21-57-85-71-47-31-63(32-48-71)64-33-49-72(50-34-64)86-58-22-12-14-26-62-92-78-30-18-16-28-76(78)90-60-24-10-6-2-4-8-20-56-88-74-53-45-70(46-54-74)84-82-68-41-37-66(80)38-42-68/h15-18,27-54H,1-14,19-26,55-62H2. The van der Waals surface area contributed by atoms with Gasteiger partial charge in [-0.3, -0.25) is 0 Å². The highest BCUT2D eigenvalue weighted by molar-refractivity contribution is 9.10. The molecule has 486 valence electrons. The molecule has 0 spiro atoms. The van der Waals surface area contributed by atoms with Crippen LogP contribution in [-0.2, 0) is 0 Å². The molecular formula is C78H92Br2N4O8. The molecule has 92 heavy (non-hydrogen) atoms. The van der Waals surface area contributed by atoms with Gasteiger partial charge in [0.25, 0.3) is 0 Å². The molecule has 0 amide bonds. The zero-order valence-corrected chi connectivity index (χ0v) is 56.7. The number of hydrogen-bond donors (Lipinski definition) is 0. The highest BCUT2D eigenvalue weighted by Crippen LogP contribution is 2.31. The van der Waals surface area contributed by atoms with Crippen molar-refractivity contribution in [1.82, 2.24) is 0 Å². The largest absolute Gasteiger partial charge is 0.494 e. The van der Waals surface area contributed by atoms with Gasteiger partial charge in [0.2, 0.25) is 0 Å². The summed E-state index contributed by atoms with van der Waals surface area (Å²) in [6.45, 7) is 5.58. The predicted molar refractivity (Wildman–Crippen MR) is 380 cm³/mol. The number of ether oxygens (including phenoxy) is 8. The summed E-state index contributed by atoms with van der Waals surface area (Å²) in [5.41, 5.74) is 5.54. The van der Waals surface area contributed by atoms with Gasteiger partial charge in [0.15, 0.2) is 23.0 Å². The van der Waals surface area contributed by atoms with E-state index in [0.717, 1.165) is 192 Å². The van der Waals surface area contributed by atoms with Crippen molar-refractivity contribution in [3.05, 3.63) is 203 Å². The SMILES string of the molecule is Brc1ccc(N=Nc2ccc(OCCCCCCCCCOc3ccccc3OCCCCCCOc3ccc(-c4ccc(OCCCCCCOc5ccccc5OCCCCCCCCCOc5ccc(N=Nc6ccc(Br)cc6)cc5)cc4)cc3)cc2)cc1. The van der Waals surface area contributed by atoms with E-state index in [1.54, 1.807) is 0 Å². The van der Waals surface area contributed by atoms with Gasteiger partial charge in [-0.2, -0.15) is 20.5 Å². The third-order valence-electron chi connectivity index (χ3n) is 15.4. The van der Waals surface area contributed by atoms with Gasteiger partial charge in [-0.1, -0.05) is 145 Å². The van der Waals surface area contributed by atoms with Gasteiger partial charge in [0.1, 0.15) is 23.0 Å². The van der Waals surface area contributed by atoms with Crippen LogP contribution in [0.5, 0.6) is 46.0 Å². The van der Waals surface area contributed by atoms with E-state index >= 15 is 0 Å². The summed E-state index contributed by atoms with van der Waals surface area (Å²) in [6.07, 6.45) is 24.5. The summed E-state index contributed by atoms with van der Waals surface area (Å²) in [7, 11) is 0. The molecule has 8 rings (SSSR count). The molecule has 0 heterocycles. The van der Waals surface area contributed by atoms with Crippen molar-refractivity contribution in [1.29, 1.82) is 0 Å². The quantitative estimate of drug-likeness (QED) is 0.0273. The Morgan fingerprint density at radius 2 is 0.380 bits per heavy atom. The van der Waals surface area contributed by atoms with E-state index < -0.39 is 0 Å². The number of azo groups is 2. The fourth-order valence-corrected chi connectivity index (χ4v) is 10.6. The van der Waals surface area contributed by atoms with E-state index in [9.17, 15) is 0 Å². The number of para-hydroxylation sites is 4. The number of halogens is 2. The van der Waals surface area contributed by atoms with Crippen LogP contribution in [0.25, 0.3) is 11.1 Å². The Balaban J connectivity index is 0.562. The lowest BCUT2D eigenvalue weighted by Crippen LogP contribution is -2.03. The lowest BCUT2D eigenvalue weighted by atomic mass is 10.1. The van der Waals surface area contributed by atoms with Crippen molar-refractivity contribution in [2.75, 3.05) is 52.9 Å². The second-order valence-electron chi connectivity index (χ2n) is 22.8. The Kier molecular flexibility index (Phi) is 33.0. The van der Waals surface area contributed by atoms with Crippen molar-refractivity contribution in [3.63, 3.8) is 0 Å². The summed E-state index contributed by atoms with van der Waals surface area (Å²) in [5.74, 6) is 6.83. The maximum atomic E-state index is 6.16. The zero-order chi connectivity index (χ0) is 63.6. The number of unbranched alkanes of at least 4 members (excludes halogenated alkanes) is 18. The summed E-state index contributed by atoms with van der Waals surface area (Å²) in [5, 5.41) is 17.2. The minimum Gasteiger partial charge on any atom is -0.494 e. The molecule has 8 aromatic carbocycles. The lowest BCUT2D eigenvalue weighted by Gasteiger charge is -2.13. The second-order valence-corrected chi connectivity index (χ2v) is 24.7. The molecular weight excluding hydrogens is 1280 g/mol. The van der Waals surface area contributed by atoms with Crippen LogP contribution in [0, 0.1) is 0 Å². The van der Waals surface area contributed by atoms with Crippen LogP contribution in [0.1, 0.15) is 141 Å². The van der Waals surface area contributed by atoms with Gasteiger partial charge in [-0.05, 0) is 234 Å². The topological polar surface area (TPSA) is 123 Å². The number of nitrogens with zero attached hydrogens (tertiary/aromatic N) is 4. The maximum Gasteiger partial charge on any atom is 0.161 e. The average molecular weight is 1370 g/mol. The third kappa shape index (κ3) is 28.5. The van der Waals surface area contributed by atoms with Crippen LogP contribution in [0.3, 0.4) is 0 Å². The van der Waals surface area contributed by atoms with Crippen LogP contribution >= 0.6 is 31.9 Å². The van der Waals surface area contributed by atoms with Crippen molar-refractivity contribution in [2.45, 2.75) is 141 Å². The molecule has 0 bridgehead atoms. The van der Waals surface area contributed by atoms with Crippen molar-refractivity contribution >= 4 is 54.6 Å². The molecule has 0 N–H and O–H groups in total. The van der Waals surface area contributed by atoms with Crippen LogP contribution in [0.4, 0.5) is 22.7 Å². The molecule has 14 heteroatoms. The fourth-order valence-electron chi connectivity index (χ4n) is 10.1. The number of rotatable bonds is 47. The molecule has 0 saturated heterocycles. The van der Waals surface area contributed by atoms with Crippen LogP contribution < -0.4 is 37.9 Å². The van der Waals surface area contributed by atoms with Crippen LogP contribution in [0.2, 0.25) is 0 Å². The van der Waals surface area contributed by atoms with E-state index in [1.165, 1.54) is 51.4 Å². The smallest absolute Gasteiger partial charge is 0.161 e. The summed E-state index contributed by atoms with van der Waals surface area (Å²) in [4.78, 5) is 0. The Labute approximate surface area is 563 Å². The summed E-state index contributed by atoms with van der Waals surface area (Å²) < 4.78 is 50.8. The molecule has 0 radical (unpaired) electrons. The van der Waals surface area contributed by atoms with Crippen LogP contribution in [-0.4, -0.2) is 52.9 Å². The van der Waals surface area contributed by atoms with Gasteiger partial charge in [-0.25, -0.2) is 0 Å². The Bertz CT molecular complexity index is 3070. The molecule has 0 aliphatic rings. The monoisotopic (exact) mass is 1370 g/mol. The van der Waals surface area contributed by atoms with Crippen molar-refractivity contribution in [3.8, 4) is 57.1 Å². The van der Waals surface area contributed by atoms with Gasteiger partial charge in [0.05, 0.1) is 75.6 Å². The summed E-state index contributed by atoms with van der Waals surface area (Å²) in [6, 6.07) is 63.9. The molecule has 0 aliphatic carbocycles. The fraction of sp³-hybridized carbons (Fsp3) is 0.385. The van der Waals surface area contributed by atoms with Gasteiger partial charge in [-0.15, -0.1) is 0 Å². The highest BCUT2D eigenvalue weighted by Gasteiger charge is 2.08. The molecule has 0 aromatic heterocycles. The molecule has 0 atom stereocenters. The van der Waals surface area contributed by atoms with E-state index in [0.29, 0.717) is 39.6 Å². The Morgan fingerprint density at radius 1 is 0.196 bits per heavy atom. The Morgan fingerprint density at radius 3 is 0.609 bits per heavy atom. The molecule has 0 fully saturated rings. The normalized spacial score (nSPS) is 11.3. The second kappa shape index (κ2) is 43.2. The lowest BCUT2D eigenvalue weighted by molar-refractivity contribution is 0.256. The van der Waals surface area contributed by atoms with E-state index in [-0.39, 0.29) is 0 Å². The van der Waals surface area contributed by atoms with Gasteiger partial charge in [0, 0.05) is 8.95 Å². The minimum atomic E-state index is 0.671. The number of hydrogen-bond acceptors (Lipinski definition) is 12. The van der Waals surface area contributed by atoms with E-state index in [2.05, 4.69) is 101 Å². The number of benzene rings is 8. The van der Waals surface area contributed by atoms with E-state index in [4.69, 9.17) is 37.9 Å². The van der Waals surface area contributed by atoms with Crippen molar-refractivity contribution < 1.29 is 37.9 Å². The molecule has 0 aliphatic heterocycles. The highest BCUT2D eigenvalue weighted by atomic mass is 79.9. The Hall–Kier alpha value is -7.68. The first-order chi connectivity index (χ1) is 45.5. The van der Waals surface area contributed by atoms with E-state index in [1.807, 2.05) is 146 Å².